The van der Waals surface area contributed by atoms with Crippen LogP contribution in [0.15, 0.2) is 84.9 Å². The zero-order chi connectivity index (χ0) is 22.3. The molecule has 0 saturated carbocycles. The van der Waals surface area contributed by atoms with E-state index in [1.165, 1.54) is 61.2 Å². The van der Waals surface area contributed by atoms with E-state index < -0.39 is 7.32 Å². The van der Waals surface area contributed by atoms with Gasteiger partial charge in [0.2, 0.25) is 0 Å². The maximum absolute atomic E-state index is 7.17. The van der Waals surface area contributed by atoms with Crippen molar-refractivity contribution in [1.29, 1.82) is 0 Å². The zero-order valence-corrected chi connectivity index (χ0v) is 18.4. The molecule has 3 aromatic carbocycles. The molecule has 0 aliphatic carbocycles. The Balaban J connectivity index is 0.000000785. The van der Waals surface area contributed by atoms with Crippen molar-refractivity contribution >= 4 is 24.4 Å². The van der Waals surface area contributed by atoms with E-state index in [2.05, 4.69) is 96.8 Å². The Labute approximate surface area is 187 Å². The van der Waals surface area contributed by atoms with Crippen LogP contribution in [-0.2, 0) is 6.42 Å². The molecule has 0 radical (unpaired) electrons. The van der Waals surface area contributed by atoms with Gasteiger partial charge in [0.15, 0.2) is 0 Å². The summed E-state index contributed by atoms with van der Waals surface area (Å²) in [6.07, 6.45) is 9.13. The Morgan fingerprint density at radius 3 is 1.61 bits per heavy atom. The van der Waals surface area contributed by atoms with Gasteiger partial charge in [-0.3, -0.25) is 0 Å². The lowest BCUT2D eigenvalue weighted by Crippen LogP contribution is -2.12. The summed E-state index contributed by atoms with van der Waals surface area (Å²) in [7, 11) is -2.17. The number of anilines is 3. The summed E-state index contributed by atoms with van der Waals surface area (Å²) in [5, 5.41) is 21.5. The van der Waals surface area contributed by atoms with Crippen molar-refractivity contribution in [2.75, 3.05) is 4.90 Å². The topological polar surface area (TPSA) is 63.9 Å². The van der Waals surface area contributed by atoms with E-state index in [0.717, 1.165) is 6.42 Å². The number of unbranched alkanes of at least 4 members (excludes halogenated alkanes) is 5. The fourth-order valence-corrected chi connectivity index (χ4v) is 3.62. The molecule has 0 unspecified atom stereocenters. The van der Waals surface area contributed by atoms with Crippen LogP contribution < -0.4 is 4.90 Å². The van der Waals surface area contributed by atoms with Gasteiger partial charge < -0.3 is 20.0 Å². The molecule has 0 heterocycles. The zero-order valence-electron chi connectivity index (χ0n) is 18.4. The summed E-state index contributed by atoms with van der Waals surface area (Å²) in [5.41, 5.74) is 5.14. The van der Waals surface area contributed by atoms with Gasteiger partial charge in [-0.1, -0.05) is 93.6 Å². The van der Waals surface area contributed by atoms with Gasteiger partial charge in [-0.25, -0.2) is 0 Å². The minimum absolute atomic E-state index is 1.14. The van der Waals surface area contributed by atoms with E-state index >= 15 is 0 Å². The molecule has 5 heteroatoms. The minimum atomic E-state index is -2.17. The molecular formula is C26H34BNO3. The molecule has 0 spiro atoms. The predicted octanol–water partition coefficient (Wildman–Crippen LogP) is 6.01. The summed E-state index contributed by atoms with van der Waals surface area (Å²) in [6, 6.07) is 30.2. The highest BCUT2D eigenvalue weighted by Crippen LogP contribution is 2.36. The molecule has 4 nitrogen and oxygen atoms in total. The maximum atomic E-state index is 7.17. The van der Waals surface area contributed by atoms with Crippen molar-refractivity contribution in [1.82, 2.24) is 0 Å². The van der Waals surface area contributed by atoms with Crippen molar-refractivity contribution < 1.29 is 15.1 Å². The Morgan fingerprint density at radius 2 is 1.06 bits per heavy atom. The highest BCUT2D eigenvalue weighted by molar-refractivity contribution is 6.30. The molecule has 164 valence electrons. The molecule has 0 atom stereocenters. The largest absolute Gasteiger partial charge is 0.631 e. The third-order valence-corrected chi connectivity index (χ3v) is 5.06. The number of aryl methyl sites for hydroxylation is 1. The molecule has 0 fully saturated rings. The van der Waals surface area contributed by atoms with Crippen molar-refractivity contribution in [3.8, 4) is 0 Å². The van der Waals surface area contributed by atoms with E-state index in [0.29, 0.717) is 0 Å². The molecule has 31 heavy (non-hydrogen) atoms. The van der Waals surface area contributed by atoms with Crippen molar-refractivity contribution in [3.05, 3.63) is 90.5 Å². The summed E-state index contributed by atoms with van der Waals surface area (Å²) >= 11 is 0. The van der Waals surface area contributed by atoms with E-state index in [4.69, 9.17) is 15.1 Å². The average Bonchev–Trinajstić information content (AvgIpc) is 2.78. The number of rotatable bonds is 10. The Morgan fingerprint density at radius 1 is 0.613 bits per heavy atom. The molecular weight excluding hydrogens is 385 g/mol. The smallest absolute Gasteiger partial charge is 0.402 e. The van der Waals surface area contributed by atoms with Crippen LogP contribution in [0.5, 0.6) is 0 Å². The quantitative estimate of drug-likeness (QED) is 0.278. The highest BCUT2D eigenvalue weighted by atomic mass is 16.5. The lowest BCUT2D eigenvalue weighted by molar-refractivity contribution is 0.278. The standard InChI is InChI=1S/C26H31N.BH3O3/c1-2-3-4-5-6-9-16-23-17-14-15-22-26(23)27(24-18-10-7-11-19-24)25-20-12-8-13-21-25;2-1(3)4/h7-8,10-15,17-22H,2-6,9,16H2,1H3;2-4H. The second kappa shape index (κ2) is 14.4. The van der Waals surface area contributed by atoms with E-state index in [1.54, 1.807) is 0 Å². The third kappa shape index (κ3) is 8.97. The first-order chi connectivity index (χ1) is 15.1. The number of hydrogen-bond acceptors (Lipinski definition) is 4. The summed E-state index contributed by atoms with van der Waals surface area (Å²) in [4.78, 5) is 2.38. The third-order valence-electron chi connectivity index (χ3n) is 5.06. The number of benzene rings is 3. The SMILES string of the molecule is CCCCCCCCc1ccccc1N(c1ccccc1)c1ccccc1.OB(O)O. The van der Waals surface area contributed by atoms with Crippen LogP contribution in [0.2, 0.25) is 0 Å². The molecule has 0 amide bonds. The van der Waals surface area contributed by atoms with E-state index in [9.17, 15) is 0 Å². The van der Waals surface area contributed by atoms with Crippen molar-refractivity contribution in [3.63, 3.8) is 0 Å². The van der Waals surface area contributed by atoms with Gasteiger partial charge in [0.05, 0.1) is 0 Å². The fourth-order valence-electron chi connectivity index (χ4n) is 3.62. The summed E-state index contributed by atoms with van der Waals surface area (Å²) < 4.78 is 0. The average molecular weight is 419 g/mol. The highest BCUT2D eigenvalue weighted by Gasteiger charge is 2.14. The lowest BCUT2D eigenvalue weighted by Gasteiger charge is -2.27. The van der Waals surface area contributed by atoms with Gasteiger partial charge in [-0.2, -0.15) is 0 Å². The molecule has 3 aromatic rings. The number of para-hydroxylation sites is 3. The van der Waals surface area contributed by atoms with Gasteiger partial charge >= 0.3 is 7.32 Å². The van der Waals surface area contributed by atoms with Crippen molar-refractivity contribution in [2.24, 2.45) is 0 Å². The fraction of sp³-hybridized carbons (Fsp3) is 0.308. The molecule has 0 aliphatic heterocycles. The van der Waals surface area contributed by atoms with Gasteiger partial charge in [-0.05, 0) is 48.7 Å². The van der Waals surface area contributed by atoms with Gasteiger partial charge in [0.25, 0.3) is 0 Å². The lowest BCUT2D eigenvalue weighted by atomic mass is 10.0. The van der Waals surface area contributed by atoms with Crippen LogP contribution in [0.1, 0.15) is 51.0 Å². The second-order valence-electron chi connectivity index (χ2n) is 7.50. The molecule has 0 aromatic heterocycles. The van der Waals surface area contributed by atoms with Crippen LogP contribution in [0.25, 0.3) is 0 Å². The second-order valence-corrected chi connectivity index (χ2v) is 7.50. The first kappa shape index (κ1) is 24.7. The summed E-state index contributed by atoms with van der Waals surface area (Å²) in [5.74, 6) is 0. The minimum Gasteiger partial charge on any atom is -0.402 e. The number of hydrogen-bond donors (Lipinski definition) is 3. The van der Waals surface area contributed by atoms with Crippen LogP contribution in [0.4, 0.5) is 17.1 Å². The molecule has 3 N–H and O–H groups in total. The van der Waals surface area contributed by atoms with Crippen molar-refractivity contribution in [2.45, 2.75) is 51.9 Å². The molecule has 0 bridgehead atoms. The van der Waals surface area contributed by atoms with E-state index in [1.807, 2.05) is 0 Å². The van der Waals surface area contributed by atoms with Gasteiger partial charge in [0.1, 0.15) is 0 Å². The van der Waals surface area contributed by atoms with Crippen LogP contribution in [0, 0.1) is 0 Å². The van der Waals surface area contributed by atoms with Crippen LogP contribution >= 0.6 is 0 Å². The Bertz CT molecular complexity index is 801. The monoisotopic (exact) mass is 419 g/mol. The first-order valence-corrected chi connectivity index (χ1v) is 11.2. The molecule has 0 saturated heterocycles. The molecule has 3 rings (SSSR count). The van der Waals surface area contributed by atoms with Crippen LogP contribution in [-0.4, -0.2) is 22.4 Å². The molecule has 0 aliphatic rings. The Hall–Kier alpha value is -2.60. The normalized spacial score (nSPS) is 10.2. The predicted molar refractivity (Wildman–Crippen MR) is 131 cm³/mol. The first-order valence-electron chi connectivity index (χ1n) is 11.2. The van der Waals surface area contributed by atoms with Crippen LogP contribution in [0.3, 0.4) is 0 Å². The van der Waals surface area contributed by atoms with Gasteiger partial charge in [-0.15, -0.1) is 0 Å². The van der Waals surface area contributed by atoms with E-state index in [-0.39, 0.29) is 0 Å². The Kier molecular flexibility index (Phi) is 11.5. The maximum Gasteiger partial charge on any atom is 0.631 e. The van der Waals surface area contributed by atoms with Gasteiger partial charge in [0, 0.05) is 17.1 Å². The summed E-state index contributed by atoms with van der Waals surface area (Å²) in [6.45, 7) is 2.28. The number of nitrogens with zero attached hydrogens (tertiary/aromatic N) is 1.